The number of benzene rings is 1. The summed E-state index contributed by atoms with van der Waals surface area (Å²) in [6, 6.07) is 7.17. The Hall–Kier alpha value is -1.70. The van der Waals surface area contributed by atoms with Gasteiger partial charge in [0.05, 0.1) is 22.3 Å². The van der Waals surface area contributed by atoms with Gasteiger partial charge in [0.1, 0.15) is 11.8 Å². The SMILES string of the molecule is COc1cc2sc(NC(=O)[C@@H](CCSC)n3cccc3)nc2cc1Cl. The van der Waals surface area contributed by atoms with Gasteiger partial charge in [0, 0.05) is 18.5 Å². The quantitative estimate of drug-likeness (QED) is 0.630. The van der Waals surface area contributed by atoms with Crippen molar-refractivity contribution >= 4 is 56.0 Å². The molecule has 2 aromatic heterocycles. The van der Waals surface area contributed by atoms with Crippen LogP contribution in [0.15, 0.2) is 36.7 Å². The molecular weight excluding hydrogens is 378 g/mol. The molecular formula is C17H18ClN3O2S2. The van der Waals surface area contributed by atoms with E-state index >= 15 is 0 Å². The van der Waals surface area contributed by atoms with Gasteiger partial charge in [0.15, 0.2) is 5.13 Å². The molecule has 2 heterocycles. The molecule has 1 atom stereocenters. The van der Waals surface area contributed by atoms with E-state index in [1.165, 1.54) is 11.3 Å². The summed E-state index contributed by atoms with van der Waals surface area (Å²) in [4.78, 5) is 17.2. The summed E-state index contributed by atoms with van der Waals surface area (Å²) in [5.74, 6) is 1.44. The van der Waals surface area contributed by atoms with Gasteiger partial charge in [-0.2, -0.15) is 11.8 Å². The maximum Gasteiger partial charge on any atom is 0.249 e. The number of rotatable bonds is 7. The number of hydrogen-bond donors (Lipinski definition) is 1. The first-order valence-corrected chi connectivity index (χ1v) is 10.3. The third-order valence-electron chi connectivity index (χ3n) is 3.78. The number of methoxy groups -OCH3 is 1. The molecule has 0 aliphatic carbocycles. The van der Waals surface area contributed by atoms with Crippen LogP contribution in [0, 0.1) is 0 Å². The number of thiazole rings is 1. The zero-order valence-corrected chi connectivity index (χ0v) is 16.2. The first kappa shape index (κ1) is 18.1. The van der Waals surface area contributed by atoms with Crippen LogP contribution in [-0.2, 0) is 4.79 Å². The van der Waals surface area contributed by atoms with Crippen molar-refractivity contribution in [3.05, 3.63) is 41.7 Å². The van der Waals surface area contributed by atoms with Crippen molar-refractivity contribution in [3.8, 4) is 5.75 Å². The maximum absolute atomic E-state index is 12.8. The van der Waals surface area contributed by atoms with Crippen molar-refractivity contribution in [2.45, 2.75) is 12.5 Å². The van der Waals surface area contributed by atoms with Gasteiger partial charge in [-0.3, -0.25) is 4.79 Å². The molecule has 0 unspecified atom stereocenters. The number of carbonyl (C=O) groups is 1. The minimum atomic E-state index is -0.257. The van der Waals surface area contributed by atoms with Gasteiger partial charge in [0.25, 0.3) is 0 Å². The third kappa shape index (κ3) is 4.11. The minimum absolute atomic E-state index is 0.0673. The van der Waals surface area contributed by atoms with Crippen LogP contribution < -0.4 is 10.1 Å². The Morgan fingerprint density at radius 3 is 2.88 bits per heavy atom. The summed E-state index contributed by atoms with van der Waals surface area (Å²) in [5, 5.41) is 4.00. The number of nitrogens with one attached hydrogen (secondary N) is 1. The summed E-state index contributed by atoms with van der Waals surface area (Å²) in [6.45, 7) is 0. The number of hydrogen-bond acceptors (Lipinski definition) is 5. The number of anilines is 1. The number of nitrogens with zero attached hydrogens (tertiary/aromatic N) is 2. The van der Waals surface area contributed by atoms with Crippen molar-refractivity contribution in [2.75, 3.05) is 24.4 Å². The van der Waals surface area contributed by atoms with Crippen molar-refractivity contribution in [1.82, 2.24) is 9.55 Å². The molecule has 1 N–H and O–H groups in total. The van der Waals surface area contributed by atoms with Gasteiger partial charge in [-0.05, 0) is 36.6 Å². The lowest BCUT2D eigenvalue weighted by Crippen LogP contribution is -2.25. The van der Waals surface area contributed by atoms with Gasteiger partial charge in [0.2, 0.25) is 5.91 Å². The molecule has 0 saturated carbocycles. The smallest absolute Gasteiger partial charge is 0.249 e. The Kier molecular flexibility index (Phi) is 5.88. The predicted octanol–water partition coefficient (Wildman–Crippen LogP) is 4.69. The zero-order valence-electron chi connectivity index (χ0n) is 13.9. The van der Waals surface area contributed by atoms with E-state index in [2.05, 4.69) is 10.3 Å². The Morgan fingerprint density at radius 2 is 2.20 bits per heavy atom. The van der Waals surface area contributed by atoms with Gasteiger partial charge < -0.3 is 14.6 Å². The average Bonchev–Trinajstić information content (AvgIpc) is 3.23. The molecule has 3 rings (SSSR count). The van der Waals surface area contributed by atoms with Crippen LogP contribution in [0.4, 0.5) is 5.13 Å². The summed E-state index contributed by atoms with van der Waals surface area (Å²) in [7, 11) is 1.57. The molecule has 25 heavy (non-hydrogen) atoms. The van der Waals surface area contributed by atoms with Crippen molar-refractivity contribution in [2.24, 2.45) is 0 Å². The van der Waals surface area contributed by atoms with E-state index < -0.39 is 0 Å². The topological polar surface area (TPSA) is 56.1 Å². The monoisotopic (exact) mass is 395 g/mol. The van der Waals surface area contributed by atoms with E-state index in [0.717, 1.165) is 22.4 Å². The van der Waals surface area contributed by atoms with Crippen LogP contribution in [0.3, 0.4) is 0 Å². The van der Waals surface area contributed by atoms with Crippen LogP contribution in [0.1, 0.15) is 12.5 Å². The van der Waals surface area contributed by atoms with E-state index in [4.69, 9.17) is 16.3 Å². The van der Waals surface area contributed by atoms with Crippen molar-refractivity contribution in [3.63, 3.8) is 0 Å². The van der Waals surface area contributed by atoms with E-state index in [-0.39, 0.29) is 11.9 Å². The van der Waals surface area contributed by atoms with Crippen molar-refractivity contribution < 1.29 is 9.53 Å². The maximum atomic E-state index is 12.8. The number of fused-ring (bicyclic) bond motifs is 1. The minimum Gasteiger partial charge on any atom is -0.495 e. The Balaban J connectivity index is 1.82. The standard InChI is InChI=1S/C17H18ClN3O2S2/c1-23-14-10-15-12(9-11(14)18)19-17(25-15)20-16(22)13(5-8-24-2)21-6-3-4-7-21/h3-4,6-7,9-10,13H,5,8H2,1-2H3,(H,19,20,22)/t13-/m1/s1. The van der Waals surface area contributed by atoms with Crippen LogP contribution in [0.5, 0.6) is 5.75 Å². The predicted molar refractivity (Wildman–Crippen MR) is 106 cm³/mol. The van der Waals surface area contributed by atoms with Crippen LogP contribution in [-0.4, -0.2) is 34.6 Å². The van der Waals surface area contributed by atoms with Crippen LogP contribution in [0.2, 0.25) is 5.02 Å². The fourth-order valence-corrected chi connectivity index (χ4v) is 4.10. The number of aromatic nitrogens is 2. The fourth-order valence-electron chi connectivity index (χ4n) is 2.53. The Bertz CT molecular complexity index is 864. The number of halogens is 1. The molecule has 1 amide bonds. The highest BCUT2D eigenvalue weighted by Crippen LogP contribution is 2.34. The molecule has 132 valence electrons. The lowest BCUT2D eigenvalue weighted by atomic mass is 10.2. The first-order valence-electron chi connectivity index (χ1n) is 7.68. The third-order valence-corrected chi connectivity index (χ3v) is 5.65. The second kappa shape index (κ2) is 8.12. The first-order chi connectivity index (χ1) is 12.1. The molecule has 0 aliphatic rings. The highest BCUT2D eigenvalue weighted by Gasteiger charge is 2.21. The second-order valence-electron chi connectivity index (χ2n) is 5.39. The second-order valence-corrected chi connectivity index (χ2v) is 7.81. The highest BCUT2D eigenvalue weighted by atomic mass is 35.5. The largest absolute Gasteiger partial charge is 0.495 e. The number of amides is 1. The molecule has 1 aromatic carbocycles. The van der Waals surface area contributed by atoms with E-state index in [1.807, 2.05) is 41.4 Å². The molecule has 0 aliphatic heterocycles. The van der Waals surface area contributed by atoms with Gasteiger partial charge in [-0.15, -0.1) is 0 Å². The molecule has 0 radical (unpaired) electrons. The summed E-state index contributed by atoms with van der Waals surface area (Å²) >= 11 is 9.27. The summed E-state index contributed by atoms with van der Waals surface area (Å²) < 4.78 is 8.07. The number of carbonyl (C=O) groups excluding carboxylic acids is 1. The van der Waals surface area contributed by atoms with Gasteiger partial charge >= 0.3 is 0 Å². The molecule has 0 fully saturated rings. The van der Waals surface area contributed by atoms with E-state index in [9.17, 15) is 4.79 Å². The van der Waals surface area contributed by atoms with Crippen LogP contribution in [0.25, 0.3) is 10.2 Å². The highest BCUT2D eigenvalue weighted by molar-refractivity contribution is 7.98. The van der Waals surface area contributed by atoms with Gasteiger partial charge in [-0.1, -0.05) is 22.9 Å². The molecule has 5 nitrogen and oxygen atoms in total. The van der Waals surface area contributed by atoms with Crippen molar-refractivity contribution in [1.29, 1.82) is 0 Å². The lowest BCUT2D eigenvalue weighted by molar-refractivity contribution is -0.119. The molecule has 8 heteroatoms. The fraction of sp³-hybridized carbons (Fsp3) is 0.294. The molecule has 0 bridgehead atoms. The van der Waals surface area contributed by atoms with Gasteiger partial charge in [-0.25, -0.2) is 4.98 Å². The molecule has 0 saturated heterocycles. The average molecular weight is 396 g/mol. The zero-order chi connectivity index (χ0) is 17.8. The number of ether oxygens (including phenoxy) is 1. The Labute approximate surface area is 159 Å². The normalized spacial score (nSPS) is 12.3. The number of thioether (sulfide) groups is 1. The Morgan fingerprint density at radius 1 is 1.44 bits per heavy atom. The van der Waals surface area contributed by atoms with Crippen LogP contribution >= 0.6 is 34.7 Å². The summed E-state index contributed by atoms with van der Waals surface area (Å²) in [5.41, 5.74) is 0.743. The van der Waals surface area contributed by atoms with E-state index in [0.29, 0.717) is 15.9 Å². The summed E-state index contributed by atoms with van der Waals surface area (Å²) in [6.07, 6.45) is 6.61. The molecule has 0 spiro atoms. The molecule has 3 aromatic rings. The lowest BCUT2D eigenvalue weighted by Gasteiger charge is -2.17. The van der Waals surface area contributed by atoms with E-state index in [1.54, 1.807) is 24.9 Å².